The van der Waals surface area contributed by atoms with Crippen LogP contribution >= 0.6 is 0 Å². The van der Waals surface area contributed by atoms with Gasteiger partial charge in [-0.3, -0.25) is 9.59 Å². The molecule has 0 fully saturated rings. The average molecular weight is 406 g/mol. The molecular formula is C24H26N2O4. The maximum absolute atomic E-state index is 12.6. The molecule has 0 saturated heterocycles. The molecule has 0 saturated carbocycles. The Balaban J connectivity index is 1.63. The zero-order chi connectivity index (χ0) is 21.5. The second-order valence-electron chi connectivity index (χ2n) is 7.25. The molecule has 156 valence electrons. The van der Waals surface area contributed by atoms with Gasteiger partial charge in [0.1, 0.15) is 0 Å². The van der Waals surface area contributed by atoms with E-state index in [-0.39, 0.29) is 18.3 Å². The molecule has 30 heavy (non-hydrogen) atoms. The lowest BCUT2D eigenvalue weighted by Gasteiger charge is -2.24. The molecule has 3 rings (SSSR count). The Bertz CT molecular complexity index is 980. The Kier molecular flexibility index (Phi) is 7.01. The summed E-state index contributed by atoms with van der Waals surface area (Å²) in [6.45, 7) is 3.77. The number of ether oxygens (including phenoxy) is 1. The van der Waals surface area contributed by atoms with Crippen LogP contribution < -0.4 is 5.32 Å². The topological polar surface area (TPSA) is 81.4 Å². The van der Waals surface area contributed by atoms with Gasteiger partial charge in [0.25, 0.3) is 0 Å². The van der Waals surface area contributed by atoms with Gasteiger partial charge in [0.15, 0.2) is 11.7 Å². The second-order valence-corrected chi connectivity index (χ2v) is 7.25. The monoisotopic (exact) mass is 406 g/mol. The minimum atomic E-state index is -0.517. The van der Waals surface area contributed by atoms with Crippen molar-refractivity contribution < 1.29 is 18.7 Å². The van der Waals surface area contributed by atoms with Crippen molar-refractivity contribution in [1.82, 2.24) is 10.3 Å². The van der Waals surface area contributed by atoms with Gasteiger partial charge in [-0.2, -0.15) is 0 Å². The first-order valence-corrected chi connectivity index (χ1v) is 9.92. The molecule has 0 radical (unpaired) electrons. The first-order chi connectivity index (χ1) is 14.5. The zero-order valence-corrected chi connectivity index (χ0v) is 17.4. The largest absolute Gasteiger partial charge is 0.469 e. The van der Waals surface area contributed by atoms with E-state index in [1.54, 1.807) is 13.1 Å². The van der Waals surface area contributed by atoms with Crippen molar-refractivity contribution in [1.29, 1.82) is 0 Å². The number of aromatic nitrogens is 1. The minimum Gasteiger partial charge on any atom is -0.469 e. The van der Waals surface area contributed by atoms with Crippen molar-refractivity contribution in [2.24, 2.45) is 5.92 Å². The Labute approximate surface area is 176 Å². The highest BCUT2D eigenvalue weighted by molar-refractivity contribution is 5.79. The molecule has 1 amide bonds. The third-order valence-electron chi connectivity index (χ3n) is 5.00. The van der Waals surface area contributed by atoms with Crippen LogP contribution in [0.15, 0.2) is 65.2 Å². The summed E-state index contributed by atoms with van der Waals surface area (Å²) in [5.41, 5.74) is 2.96. The molecule has 0 unspecified atom stereocenters. The van der Waals surface area contributed by atoms with E-state index in [0.29, 0.717) is 18.1 Å². The molecular weight excluding hydrogens is 380 g/mol. The fraction of sp³-hybridized carbons (Fsp3) is 0.292. The van der Waals surface area contributed by atoms with Gasteiger partial charge in [-0.1, -0.05) is 60.2 Å². The molecule has 0 bridgehead atoms. The Morgan fingerprint density at radius 3 is 2.47 bits per heavy atom. The van der Waals surface area contributed by atoms with E-state index in [0.717, 1.165) is 11.1 Å². The summed E-state index contributed by atoms with van der Waals surface area (Å²) in [4.78, 5) is 28.9. The van der Waals surface area contributed by atoms with Gasteiger partial charge in [-0.15, -0.1) is 0 Å². The maximum atomic E-state index is 12.6. The van der Waals surface area contributed by atoms with Crippen LogP contribution in [-0.4, -0.2) is 24.0 Å². The van der Waals surface area contributed by atoms with E-state index in [4.69, 9.17) is 9.15 Å². The smallest absolute Gasteiger partial charge is 0.310 e. The third kappa shape index (κ3) is 5.35. The summed E-state index contributed by atoms with van der Waals surface area (Å²) in [7, 11) is 1.34. The minimum absolute atomic E-state index is 0.185. The normalized spacial score (nSPS) is 12.8. The van der Waals surface area contributed by atoms with Crippen LogP contribution in [-0.2, 0) is 20.7 Å². The summed E-state index contributed by atoms with van der Waals surface area (Å²) in [6.07, 6.45) is 2.24. The molecule has 0 aliphatic rings. The zero-order valence-electron chi connectivity index (χ0n) is 17.4. The van der Waals surface area contributed by atoms with Gasteiger partial charge < -0.3 is 14.5 Å². The van der Waals surface area contributed by atoms with Gasteiger partial charge in [-0.05, 0) is 19.4 Å². The lowest BCUT2D eigenvalue weighted by molar-refractivity contribution is -0.146. The number of hydrogen-bond donors (Lipinski definition) is 1. The van der Waals surface area contributed by atoms with E-state index in [2.05, 4.69) is 10.3 Å². The van der Waals surface area contributed by atoms with E-state index < -0.39 is 12.0 Å². The lowest BCUT2D eigenvalue weighted by Crippen LogP contribution is -2.36. The summed E-state index contributed by atoms with van der Waals surface area (Å²) in [5.74, 6) is 0.0930. The number of benzene rings is 2. The fourth-order valence-electron chi connectivity index (χ4n) is 3.22. The quantitative estimate of drug-likeness (QED) is 0.566. The van der Waals surface area contributed by atoms with Crippen molar-refractivity contribution in [3.05, 3.63) is 77.8 Å². The number of aryl methyl sites for hydroxylation is 2. The second kappa shape index (κ2) is 9.87. The van der Waals surface area contributed by atoms with Crippen molar-refractivity contribution in [3.63, 3.8) is 0 Å². The Hall–Kier alpha value is -3.41. The SMILES string of the molecule is COC(=O)[C@H](C)[C@@H](NC(=O)CCc1ncc(-c2ccc(C)cc2)o1)c1ccccc1. The Morgan fingerprint density at radius 1 is 1.10 bits per heavy atom. The molecule has 0 aliphatic heterocycles. The number of methoxy groups -OCH3 is 1. The van der Waals surface area contributed by atoms with Crippen LogP contribution in [0.25, 0.3) is 11.3 Å². The molecule has 1 N–H and O–H groups in total. The van der Waals surface area contributed by atoms with Gasteiger partial charge in [0.2, 0.25) is 5.91 Å². The predicted octanol–water partition coefficient (Wildman–Crippen LogP) is 4.25. The summed E-state index contributed by atoms with van der Waals surface area (Å²) in [5, 5.41) is 2.95. The molecule has 6 nitrogen and oxygen atoms in total. The molecule has 6 heteroatoms. The van der Waals surface area contributed by atoms with Gasteiger partial charge >= 0.3 is 5.97 Å². The molecule has 0 spiro atoms. The average Bonchev–Trinajstić information content (AvgIpc) is 3.25. The van der Waals surface area contributed by atoms with E-state index in [9.17, 15) is 9.59 Å². The number of oxazole rings is 1. The van der Waals surface area contributed by atoms with Crippen molar-refractivity contribution >= 4 is 11.9 Å². The number of nitrogens with zero attached hydrogens (tertiary/aromatic N) is 1. The van der Waals surface area contributed by atoms with Crippen LogP contribution in [0.2, 0.25) is 0 Å². The van der Waals surface area contributed by atoms with Gasteiger partial charge in [0, 0.05) is 18.4 Å². The number of nitrogens with one attached hydrogen (secondary N) is 1. The fourth-order valence-corrected chi connectivity index (χ4v) is 3.22. The molecule has 2 aromatic carbocycles. The molecule has 3 aromatic rings. The number of amides is 1. The number of hydrogen-bond acceptors (Lipinski definition) is 5. The molecule has 0 aliphatic carbocycles. The van der Waals surface area contributed by atoms with Crippen LogP contribution in [0.5, 0.6) is 0 Å². The predicted molar refractivity (Wildman–Crippen MR) is 114 cm³/mol. The molecule has 1 heterocycles. The summed E-state index contributed by atoms with van der Waals surface area (Å²) < 4.78 is 10.6. The van der Waals surface area contributed by atoms with E-state index >= 15 is 0 Å². The number of carbonyl (C=O) groups excluding carboxylic acids is 2. The lowest BCUT2D eigenvalue weighted by atomic mass is 9.94. The summed E-state index contributed by atoms with van der Waals surface area (Å²) in [6, 6.07) is 16.9. The van der Waals surface area contributed by atoms with Gasteiger partial charge in [-0.25, -0.2) is 4.98 Å². The highest BCUT2D eigenvalue weighted by Crippen LogP contribution is 2.24. The van der Waals surface area contributed by atoms with Crippen LogP contribution in [0.3, 0.4) is 0 Å². The summed E-state index contributed by atoms with van der Waals surface area (Å²) >= 11 is 0. The van der Waals surface area contributed by atoms with Gasteiger partial charge in [0.05, 0.1) is 25.3 Å². The highest BCUT2D eigenvalue weighted by atomic mass is 16.5. The van der Waals surface area contributed by atoms with E-state index in [1.165, 1.54) is 12.7 Å². The van der Waals surface area contributed by atoms with Crippen molar-refractivity contribution in [2.75, 3.05) is 7.11 Å². The highest BCUT2D eigenvalue weighted by Gasteiger charge is 2.27. The third-order valence-corrected chi connectivity index (χ3v) is 5.00. The first kappa shape index (κ1) is 21.3. The number of rotatable bonds is 8. The van der Waals surface area contributed by atoms with Crippen LogP contribution in [0.1, 0.15) is 36.4 Å². The van der Waals surface area contributed by atoms with Crippen molar-refractivity contribution in [2.45, 2.75) is 32.7 Å². The van der Waals surface area contributed by atoms with Crippen LogP contribution in [0, 0.1) is 12.8 Å². The standard InChI is InChI=1S/C24H26N2O4/c1-16-9-11-18(12-10-16)20-15-25-22(30-20)14-13-21(27)26-23(17(2)24(28)29-3)19-7-5-4-6-8-19/h4-12,15,17,23H,13-14H2,1-3H3,(H,26,27)/t17-,23-/m1/s1. The molecule has 2 atom stereocenters. The Morgan fingerprint density at radius 2 is 1.80 bits per heavy atom. The molecule has 1 aromatic heterocycles. The van der Waals surface area contributed by atoms with E-state index in [1.807, 2.05) is 61.5 Å². The van der Waals surface area contributed by atoms with Crippen molar-refractivity contribution in [3.8, 4) is 11.3 Å². The van der Waals surface area contributed by atoms with Crippen LogP contribution in [0.4, 0.5) is 0 Å². The maximum Gasteiger partial charge on any atom is 0.310 e. The first-order valence-electron chi connectivity index (χ1n) is 9.92. The number of esters is 1. The number of carbonyl (C=O) groups is 2.